The number of aromatic hydroxyl groups is 1. The van der Waals surface area contributed by atoms with E-state index in [9.17, 15) is 5.11 Å². The molecule has 1 N–H and O–H groups in total. The molecule has 23 heavy (non-hydrogen) atoms. The molecule has 2 rings (SSSR count). The molecule has 0 aliphatic heterocycles. The predicted octanol–water partition coefficient (Wildman–Crippen LogP) is 5.45. The van der Waals surface area contributed by atoms with Crippen LogP contribution in [0.4, 0.5) is 0 Å². The fourth-order valence-corrected chi connectivity index (χ4v) is 8.13. The first kappa shape index (κ1) is 18.1. The number of hydrogen-bond donors (Lipinski definition) is 1. The van der Waals surface area contributed by atoms with Crippen molar-refractivity contribution in [2.75, 3.05) is 0 Å². The molecule has 0 saturated heterocycles. The van der Waals surface area contributed by atoms with E-state index >= 15 is 0 Å². The van der Waals surface area contributed by atoms with Gasteiger partial charge in [-0.2, -0.15) is 0 Å². The van der Waals surface area contributed by atoms with Crippen molar-refractivity contribution in [3.8, 4) is 5.75 Å². The van der Waals surface area contributed by atoms with Gasteiger partial charge in [0, 0.05) is 0 Å². The minimum Gasteiger partial charge on any atom is -0.508 e. The van der Waals surface area contributed by atoms with Gasteiger partial charge in [-0.1, -0.05) is 75.3 Å². The molecule has 1 aromatic carbocycles. The average Bonchev–Trinajstić information content (AvgIpc) is 2.62. The van der Waals surface area contributed by atoms with Crippen LogP contribution >= 0.6 is 0 Å². The van der Waals surface area contributed by atoms with E-state index in [2.05, 4.69) is 79.8 Å². The second-order valence-corrected chi connectivity index (χ2v) is 13.0. The van der Waals surface area contributed by atoms with Crippen LogP contribution in [0.5, 0.6) is 5.75 Å². The quantitative estimate of drug-likeness (QED) is 0.716. The first-order chi connectivity index (χ1) is 10.4. The molecule has 0 bridgehead atoms. The molecular formula is C21H32OSi. The van der Waals surface area contributed by atoms with E-state index in [1.54, 1.807) is 5.20 Å². The lowest BCUT2D eigenvalue weighted by molar-refractivity contribution is 0.450. The highest BCUT2D eigenvalue weighted by molar-refractivity contribution is 6.96. The molecule has 126 valence electrons. The third-order valence-electron chi connectivity index (χ3n) is 5.83. The Balaban J connectivity index is 2.64. The van der Waals surface area contributed by atoms with Gasteiger partial charge in [-0.3, -0.25) is 0 Å². The second-order valence-electron chi connectivity index (χ2n) is 8.65. The lowest BCUT2D eigenvalue weighted by atomic mass is 9.86. The Hall–Kier alpha value is -1.28. The van der Waals surface area contributed by atoms with Crippen molar-refractivity contribution in [1.82, 2.24) is 0 Å². The van der Waals surface area contributed by atoms with Gasteiger partial charge in [-0.15, -0.1) is 0 Å². The van der Waals surface area contributed by atoms with Gasteiger partial charge in [0.05, 0.1) is 0 Å². The summed E-state index contributed by atoms with van der Waals surface area (Å²) in [6.07, 6.45) is 0. The van der Waals surface area contributed by atoms with E-state index < -0.39 is 8.07 Å². The summed E-state index contributed by atoms with van der Waals surface area (Å²) >= 11 is 0. The lowest BCUT2D eigenvalue weighted by Crippen LogP contribution is -2.46. The fourth-order valence-electron chi connectivity index (χ4n) is 4.17. The Bertz CT molecular complexity index is 699. The van der Waals surface area contributed by atoms with Crippen molar-refractivity contribution in [1.29, 1.82) is 0 Å². The SMILES string of the molecule is CC1=C(C)C(C)C([Si](C)(C)c2cccc(C(C)(C)C)c2O)=C1C. The van der Waals surface area contributed by atoms with Gasteiger partial charge in [-0.05, 0) is 48.4 Å². The summed E-state index contributed by atoms with van der Waals surface area (Å²) in [6, 6.07) is 6.33. The van der Waals surface area contributed by atoms with E-state index in [0.717, 1.165) is 5.56 Å². The second kappa shape index (κ2) is 5.66. The topological polar surface area (TPSA) is 20.2 Å². The molecule has 0 aromatic heterocycles. The summed E-state index contributed by atoms with van der Waals surface area (Å²) in [5, 5.41) is 13.8. The van der Waals surface area contributed by atoms with E-state index in [4.69, 9.17) is 0 Å². The number of benzene rings is 1. The van der Waals surface area contributed by atoms with Crippen LogP contribution in [0.15, 0.2) is 40.1 Å². The predicted molar refractivity (Wildman–Crippen MR) is 104 cm³/mol. The van der Waals surface area contributed by atoms with E-state index in [0.29, 0.717) is 11.7 Å². The van der Waals surface area contributed by atoms with Gasteiger partial charge in [0.25, 0.3) is 0 Å². The number of allylic oxidation sites excluding steroid dienone is 4. The molecule has 1 unspecified atom stereocenters. The average molecular weight is 329 g/mol. The molecule has 0 heterocycles. The van der Waals surface area contributed by atoms with Crippen LogP contribution in [0, 0.1) is 5.92 Å². The molecule has 1 aliphatic carbocycles. The van der Waals surface area contributed by atoms with Gasteiger partial charge in [-0.25, -0.2) is 0 Å². The lowest BCUT2D eigenvalue weighted by Gasteiger charge is -2.32. The minimum atomic E-state index is -1.92. The van der Waals surface area contributed by atoms with Crippen LogP contribution in [0.25, 0.3) is 0 Å². The summed E-state index contributed by atoms with van der Waals surface area (Å²) in [5.74, 6) is 1.01. The maximum Gasteiger partial charge on any atom is 0.118 e. The maximum absolute atomic E-state index is 11.0. The van der Waals surface area contributed by atoms with Crippen LogP contribution in [-0.4, -0.2) is 13.2 Å². The first-order valence-corrected chi connectivity index (χ1v) is 11.6. The molecule has 1 aromatic rings. The summed E-state index contributed by atoms with van der Waals surface area (Å²) in [7, 11) is -1.92. The number of rotatable bonds is 2. The molecule has 0 fully saturated rings. The van der Waals surface area contributed by atoms with Crippen molar-refractivity contribution >= 4 is 13.3 Å². The largest absolute Gasteiger partial charge is 0.508 e. The van der Waals surface area contributed by atoms with Gasteiger partial charge in [0.1, 0.15) is 13.8 Å². The van der Waals surface area contributed by atoms with Gasteiger partial charge < -0.3 is 5.11 Å². The van der Waals surface area contributed by atoms with Crippen molar-refractivity contribution in [2.24, 2.45) is 5.92 Å². The fraction of sp³-hybridized carbons (Fsp3) is 0.524. The zero-order valence-corrected chi connectivity index (χ0v) is 17.3. The Morgan fingerprint density at radius 3 is 2.00 bits per heavy atom. The number of para-hydroxylation sites is 1. The van der Waals surface area contributed by atoms with Crippen molar-refractivity contribution < 1.29 is 5.11 Å². The van der Waals surface area contributed by atoms with Crippen molar-refractivity contribution in [3.63, 3.8) is 0 Å². The monoisotopic (exact) mass is 328 g/mol. The van der Waals surface area contributed by atoms with Gasteiger partial charge in [0.15, 0.2) is 0 Å². The third kappa shape index (κ3) is 2.82. The van der Waals surface area contributed by atoms with E-state index in [1.165, 1.54) is 21.9 Å². The van der Waals surface area contributed by atoms with Gasteiger partial charge >= 0.3 is 0 Å². The number of phenols is 1. The standard InChI is InChI=1S/C21H32OSi/c1-13-14(2)16(4)20(15(13)3)23(8,9)18-12-10-11-17(19(18)22)21(5,6)7/h10-12,15,22H,1-9H3. The molecule has 0 amide bonds. The van der Waals surface area contributed by atoms with Crippen LogP contribution < -0.4 is 5.19 Å². The van der Waals surface area contributed by atoms with E-state index in [-0.39, 0.29) is 5.41 Å². The highest BCUT2D eigenvalue weighted by Crippen LogP contribution is 2.42. The molecule has 0 spiro atoms. The van der Waals surface area contributed by atoms with Crippen LogP contribution in [0.2, 0.25) is 13.1 Å². The smallest absolute Gasteiger partial charge is 0.118 e. The Kier molecular flexibility index (Phi) is 4.45. The third-order valence-corrected chi connectivity index (χ3v) is 9.74. The number of hydrogen-bond acceptors (Lipinski definition) is 1. The molecule has 1 aliphatic rings. The Labute approximate surface area is 143 Å². The molecular weight excluding hydrogens is 296 g/mol. The molecule has 2 heteroatoms. The summed E-state index contributed by atoms with van der Waals surface area (Å²) in [5.41, 5.74) is 5.40. The van der Waals surface area contributed by atoms with Crippen LogP contribution in [-0.2, 0) is 5.41 Å². The van der Waals surface area contributed by atoms with Crippen LogP contribution in [0.3, 0.4) is 0 Å². The first-order valence-electron chi connectivity index (χ1n) is 8.62. The number of phenolic OH excluding ortho intramolecular Hbond substituents is 1. The molecule has 0 saturated carbocycles. The van der Waals surface area contributed by atoms with Gasteiger partial charge in [0.2, 0.25) is 0 Å². The highest BCUT2D eigenvalue weighted by Gasteiger charge is 2.39. The summed E-state index contributed by atoms with van der Waals surface area (Å²) < 4.78 is 0. The normalized spacial score (nSPS) is 19.8. The molecule has 0 radical (unpaired) electrons. The zero-order valence-electron chi connectivity index (χ0n) is 16.3. The Morgan fingerprint density at radius 2 is 1.57 bits per heavy atom. The molecule has 1 atom stereocenters. The summed E-state index contributed by atoms with van der Waals surface area (Å²) in [6.45, 7) is 20.3. The minimum absolute atomic E-state index is 0.0423. The molecule has 1 nitrogen and oxygen atoms in total. The zero-order chi connectivity index (χ0) is 17.7. The highest BCUT2D eigenvalue weighted by atomic mass is 28.3. The van der Waals surface area contributed by atoms with Crippen LogP contribution in [0.1, 0.15) is 54.0 Å². The van der Waals surface area contributed by atoms with Crippen molar-refractivity contribution in [3.05, 3.63) is 45.7 Å². The Morgan fingerprint density at radius 1 is 1.00 bits per heavy atom. The van der Waals surface area contributed by atoms with Crippen molar-refractivity contribution in [2.45, 2.75) is 67.0 Å². The maximum atomic E-state index is 11.0. The summed E-state index contributed by atoms with van der Waals surface area (Å²) in [4.78, 5) is 0. The van der Waals surface area contributed by atoms with E-state index in [1.807, 2.05) is 0 Å².